The summed E-state index contributed by atoms with van der Waals surface area (Å²) in [7, 11) is 0. The molecule has 120 valence electrons. The molecule has 1 aromatic carbocycles. The summed E-state index contributed by atoms with van der Waals surface area (Å²) in [5, 5.41) is 16.5. The lowest BCUT2D eigenvalue weighted by atomic mass is 10.2. The van der Waals surface area contributed by atoms with Crippen LogP contribution in [0.4, 0.5) is 5.69 Å². The van der Waals surface area contributed by atoms with Crippen LogP contribution < -0.4 is 5.32 Å². The number of aromatic nitrogens is 1. The standard InChI is InChI=1S/C15H16N4O3S/c1-10-8-18(6-5-16-10)15(20)13-9-23-14(17-13)11-3-2-4-12(7-11)19(21)22/h2-4,7,9-10,16H,5-6,8H2,1H3. The Morgan fingerprint density at radius 2 is 2.35 bits per heavy atom. The lowest BCUT2D eigenvalue weighted by molar-refractivity contribution is -0.384. The van der Waals surface area contributed by atoms with Crippen LogP contribution in [0.2, 0.25) is 0 Å². The highest BCUT2D eigenvalue weighted by Crippen LogP contribution is 2.27. The van der Waals surface area contributed by atoms with Gasteiger partial charge in [0.15, 0.2) is 0 Å². The molecule has 0 saturated carbocycles. The first-order valence-electron chi connectivity index (χ1n) is 7.27. The molecule has 0 aliphatic carbocycles. The molecule has 1 aromatic heterocycles. The van der Waals surface area contributed by atoms with Crippen molar-refractivity contribution in [1.82, 2.24) is 15.2 Å². The lowest BCUT2D eigenvalue weighted by Crippen LogP contribution is -2.51. The van der Waals surface area contributed by atoms with Gasteiger partial charge in [0.05, 0.1) is 4.92 Å². The van der Waals surface area contributed by atoms with Crippen molar-refractivity contribution in [3.63, 3.8) is 0 Å². The predicted octanol–water partition coefficient (Wildman–Crippen LogP) is 2.15. The second-order valence-electron chi connectivity index (χ2n) is 5.45. The molecule has 1 amide bonds. The molecule has 7 nitrogen and oxygen atoms in total. The molecule has 2 aromatic rings. The third kappa shape index (κ3) is 3.38. The number of benzene rings is 1. The van der Waals surface area contributed by atoms with Gasteiger partial charge in [-0.1, -0.05) is 12.1 Å². The molecule has 0 radical (unpaired) electrons. The number of nitrogens with one attached hydrogen (secondary N) is 1. The molecule has 1 N–H and O–H groups in total. The van der Waals surface area contributed by atoms with Crippen molar-refractivity contribution in [2.45, 2.75) is 13.0 Å². The van der Waals surface area contributed by atoms with Crippen molar-refractivity contribution >= 4 is 22.9 Å². The summed E-state index contributed by atoms with van der Waals surface area (Å²) in [6, 6.07) is 6.55. The van der Waals surface area contributed by atoms with Gasteiger partial charge in [0, 0.05) is 48.8 Å². The van der Waals surface area contributed by atoms with Crippen molar-refractivity contribution in [3.05, 3.63) is 45.5 Å². The third-order valence-electron chi connectivity index (χ3n) is 3.68. The van der Waals surface area contributed by atoms with E-state index in [-0.39, 0.29) is 17.6 Å². The smallest absolute Gasteiger partial charge is 0.273 e. The SMILES string of the molecule is CC1CN(C(=O)c2csc(-c3cccc([N+](=O)[O-])c3)n2)CCN1. The Morgan fingerprint density at radius 1 is 1.52 bits per heavy atom. The Kier molecular flexibility index (Phi) is 4.35. The number of hydrogen-bond donors (Lipinski definition) is 1. The number of piperazine rings is 1. The Hall–Kier alpha value is -2.32. The minimum absolute atomic E-state index is 0.0153. The van der Waals surface area contributed by atoms with E-state index in [9.17, 15) is 14.9 Å². The Balaban J connectivity index is 1.81. The summed E-state index contributed by atoms with van der Waals surface area (Å²) in [5.74, 6) is -0.0914. The van der Waals surface area contributed by atoms with Crippen LogP contribution in [-0.2, 0) is 0 Å². The highest BCUT2D eigenvalue weighted by molar-refractivity contribution is 7.13. The van der Waals surface area contributed by atoms with E-state index < -0.39 is 4.92 Å². The van der Waals surface area contributed by atoms with Crippen molar-refractivity contribution in [2.75, 3.05) is 19.6 Å². The van der Waals surface area contributed by atoms with Crippen molar-refractivity contribution in [3.8, 4) is 10.6 Å². The molecule has 1 unspecified atom stereocenters. The number of thiazole rings is 1. The summed E-state index contributed by atoms with van der Waals surface area (Å²) in [6.07, 6.45) is 0. The van der Waals surface area contributed by atoms with Crippen LogP contribution in [0.3, 0.4) is 0 Å². The first-order chi connectivity index (χ1) is 11.0. The van der Waals surface area contributed by atoms with Gasteiger partial charge in [0.1, 0.15) is 10.7 Å². The second-order valence-corrected chi connectivity index (χ2v) is 6.31. The van der Waals surface area contributed by atoms with Crippen molar-refractivity contribution in [1.29, 1.82) is 0 Å². The molecule has 0 bridgehead atoms. The summed E-state index contributed by atoms with van der Waals surface area (Å²) in [5.41, 5.74) is 1.06. The Labute approximate surface area is 137 Å². The number of carbonyl (C=O) groups is 1. The minimum atomic E-state index is -0.439. The monoisotopic (exact) mass is 332 g/mol. The van der Waals surface area contributed by atoms with Gasteiger partial charge in [-0.15, -0.1) is 11.3 Å². The van der Waals surface area contributed by atoms with E-state index in [4.69, 9.17) is 0 Å². The maximum Gasteiger partial charge on any atom is 0.273 e. The van der Waals surface area contributed by atoms with Gasteiger partial charge in [-0.3, -0.25) is 14.9 Å². The molecule has 1 aliphatic heterocycles. The van der Waals surface area contributed by atoms with Crippen LogP contribution in [0.5, 0.6) is 0 Å². The van der Waals surface area contributed by atoms with Crippen LogP contribution in [0.15, 0.2) is 29.6 Å². The quantitative estimate of drug-likeness (QED) is 0.687. The van der Waals surface area contributed by atoms with E-state index in [1.165, 1.54) is 23.5 Å². The fourth-order valence-corrected chi connectivity index (χ4v) is 3.33. The largest absolute Gasteiger partial charge is 0.334 e. The van der Waals surface area contributed by atoms with Gasteiger partial charge < -0.3 is 10.2 Å². The van der Waals surface area contributed by atoms with E-state index in [1.807, 2.05) is 6.92 Å². The zero-order valence-corrected chi connectivity index (χ0v) is 13.4. The summed E-state index contributed by atoms with van der Waals surface area (Å²) in [6.45, 7) is 4.12. The van der Waals surface area contributed by atoms with Crippen LogP contribution in [0.1, 0.15) is 17.4 Å². The molecule has 1 atom stereocenters. The topological polar surface area (TPSA) is 88.4 Å². The van der Waals surface area contributed by atoms with E-state index in [1.54, 1.807) is 22.4 Å². The number of nitro groups is 1. The molecule has 3 rings (SSSR count). The first kappa shape index (κ1) is 15.6. The fraction of sp³-hybridized carbons (Fsp3) is 0.333. The van der Waals surface area contributed by atoms with Crippen LogP contribution in [0.25, 0.3) is 10.6 Å². The van der Waals surface area contributed by atoms with E-state index in [0.29, 0.717) is 29.4 Å². The van der Waals surface area contributed by atoms with Crippen molar-refractivity contribution in [2.24, 2.45) is 0 Å². The number of carbonyl (C=O) groups excluding carboxylic acids is 1. The second kappa shape index (κ2) is 6.43. The highest BCUT2D eigenvalue weighted by Gasteiger charge is 2.23. The zero-order chi connectivity index (χ0) is 16.4. The Bertz CT molecular complexity index is 746. The number of non-ortho nitro benzene ring substituents is 1. The van der Waals surface area contributed by atoms with Gasteiger partial charge >= 0.3 is 0 Å². The van der Waals surface area contributed by atoms with Gasteiger partial charge in [0.2, 0.25) is 0 Å². The molecular weight excluding hydrogens is 316 g/mol. The molecule has 1 saturated heterocycles. The van der Waals surface area contributed by atoms with Crippen molar-refractivity contribution < 1.29 is 9.72 Å². The average molecular weight is 332 g/mol. The predicted molar refractivity (Wildman–Crippen MR) is 87.6 cm³/mol. The van der Waals surface area contributed by atoms with E-state index >= 15 is 0 Å². The maximum atomic E-state index is 12.5. The summed E-state index contributed by atoms with van der Waals surface area (Å²) < 4.78 is 0. The fourth-order valence-electron chi connectivity index (χ4n) is 2.54. The van der Waals surface area contributed by atoms with E-state index in [2.05, 4.69) is 10.3 Å². The van der Waals surface area contributed by atoms with Gasteiger partial charge in [-0.2, -0.15) is 0 Å². The molecule has 1 fully saturated rings. The summed E-state index contributed by atoms with van der Waals surface area (Å²) >= 11 is 1.32. The van der Waals surface area contributed by atoms with Crippen LogP contribution in [0, 0.1) is 10.1 Å². The molecule has 0 spiro atoms. The molecule has 8 heteroatoms. The molecule has 1 aliphatic rings. The molecular formula is C15H16N4O3S. The number of rotatable bonds is 3. The summed E-state index contributed by atoms with van der Waals surface area (Å²) in [4.78, 5) is 29.1. The van der Waals surface area contributed by atoms with Gasteiger partial charge in [-0.25, -0.2) is 4.98 Å². The Morgan fingerprint density at radius 3 is 3.09 bits per heavy atom. The van der Waals surface area contributed by atoms with Gasteiger partial charge in [-0.05, 0) is 6.92 Å². The zero-order valence-electron chi connectivity index (χ0n) is 12.6. The maximum absolute atomic E-state index is 12.5. The molecule has 23 heavy (non-hydrogen) atoms. The number of amides is 1. The van der Waals surface area contributed by atoms with Gasteiger partial charge in [0.25, 0.3) is 11.6 Å². The number of nitrogens with zero attached hydrogens (tertiary/aromatic N) is 3. The highest BCUT2D eigenvalue weighted by atomic mass is 32.1. The van der Waals surface area contributed by atoms with E-state index in [0.717, 1.165) is 6.54 Å². The average Bonchev–Trinajstić information content (AvgIpc) is 3.04. The lowest BCUT2D eigenvalue weighted by Gasteiger charge is -2.31. The molecule has 2 heterocycles. The number of nitro benzene ring substituents is 1. The first-order valence-corrected chi connectivity index (χ1v) is 8.15. The normalized spacial score (nSPS) is 18.0. The van der Waals surface area contributed by atoms with Crippen LogP contribution >= 0.6 is 11.3 Å². The minimum Gasteiger partial charge on any atom is -0.334 e. The third-order valence-corrected chi connectivity index (χ3v) is 4.57. The van der Waals surface area contributed by atoms with Crippen LogP contribution in [-0.4, -0.2) is 46.4 Å². The number of hydrogen-bond acceptors (Lipinski definition) is 6.